The van der Waals surface area contributed by atoms with Crippen LogP contribution in [-0.2, 0) is 28.5 Å². The number of hydrogen-bond donors (Lipinski definition) is 1. The largest absolute Gasteiger partial charge is 0.466 e. The van der Waals surface area contributed by atoms with Gasteiger partial charge in [0, 0.05) is 38.2 Å². The van der Waals surface area contributed by atoms with E-state index in [9.17, 15) is 14.7 Å². The van der Waals surface area contributed by atoms with Crippen molar-refractivity contribution in [3.63, 3.8) is 0 Å². The number of unbranched alkanes of at least 4 members (excludes halogenated alkanes) is 5. The second kappa shape index (κ2) is 18.8. The van der Waals surface area contributed by atoms with Gasteiger partial charge < -0.3 is 24.1 Å². The lowest BCUT2D eigenvalue weighted by Gasteiger charge is -2.29. The molecule has 1 aliphatic heterocycles. The summed E-state index contributed by atoms with van der Waals surface area (Å²) < 4.78 is 23.5. The molecule has 7 heteroatoms. The summed E-state index contributed by atoms with van der Waals surface area (Å²) in [6.07, 6.45) is 18.1. The molecule has 6 atom stereocenters. The fourth-order valence-electron chi connectivity index (χ4n) is 5.78. The highest BCUT2D eigenvalue weighted by Gasteiger charge is 2.45. The van der Waals surface area contributed by atoms with Gasteiger partial charge in [0.05, 0.1) is 18.3 Å². The van der Waals surface area contributed by atoms with Gasteiger partial charge in [-0.3, -0.25) is 9.59 Å². The Kier molecular flexibility index (Phi) is 16.3. The molecule has 1 N–H and O–H groups in total. The molecule has 2 aliphatic rings. The standard InChI is InChI=1S/C32H56O7/c1-5-7-20-32(4,35)21-15-17-27-26(16-11-9-10-12-18-30(34)36-22-8-6-2)28(38-25(3)33)24-29(27)39-31-19-13-14-23-37-31/h15,17,26-29,31,35H,5-14,16,18-24H2,1-4H3/b17-15+/t26-,27-,28+,29-,31?,32?/m1/s1. The smallest absolute Gasteiger partial charge is 0.305 e. The molecule has 0 amide bonds. The highest BCUT2D eigenvalue weighted by Crippen LogP contribution is 2.42. The number of esters is 2. The molecule has 226 valence electrons. The maximum Gasteiger partial charge on any atom is 0.305 e. The average molecular weight is 553 g/mol. The van der Waals surface area contributed by atoms with E-state index in [1.807, 2.05) is 6.92 Å². The maximum atomic E-state index is 12.0. The van der Waals surface area contributed by atoms with Gasteiger partial charge in [0.15, 0.2) is 6.29 Å². The molecule has 1 saturated heterocycles. The van der Waals surface area contributed by atoms with Gasteiger partial charge >= 0.3 is 11.9 Å². The predicted molar refractivity (Wildman–Crippen MR) is 153 cm³/mol. The first-order valence-corrected chi connectivity index (χ1v) is 15.7. The zero-order valence-electron chi connectivity index (χ0n) is 25.2. The molecule has 39 heavy (non-hydrogen) atoms. The molecule has 0 aromatic rings. The molecule has 2 rings (SSSR count). The Morgan fingerprint density at radius 1 is 1.03 bits per heavy atom. The van der Waals surface area contributed by atoms with Gasteiger partial charge in [0.2, 0.25) is 0 Å². The Hall–Kier alpha value is -1.44. The summed E-state index contributed by atoms with van der Waals surface area (Å²) in [6.45, 7) is 8.85. The molecular weight excluding hydrogens is 496 g/mol. The lowest BCUT2D eigenvalue weighted by atomic mass is 9.87. The van der Waals surface area contributed by atoms with Crippen LogP contribution in [0.1, 0.15) is 130 Å². The van der Waals surface area contributed by atoms with E-state index in [1.54, 1.807) is 0 Å². The fourth-order valence-corrected chi connectivity index (χ4v) is 5.78. The zero-order valence-corrected chi connectivity index (χ0v) is 25.2. The first kappa shape index (κ1) is 33.8. The van der Waals surface area contributed by atoms with Gasteiger partial charge in [0.25, 0.3) is 0 Å². The Morgan fingerprint density at radius 3 is 2.49 bits per heavy atom. The van der Waals surface area contributed by atoms with Crippen molar-refractivity contribution < 1.29 is 33.6 Å². The number of rotatable bonds is 19. The van der Waals surface area contributed by atoms with Crippen molar-refractivity contribution in [2.75, 3.05) is 13.2 Å². The fraction of sp³-hybridized carbons (Fsp3) is 0.875. The van der Waals surface area contributed by atoms with E-state index in [1.165, 1.54) is 6.92 Å². The molecule has 2 unspecified atom stereocenters. The summed E-state index contributed by atoms with van der Waals surface area (Å²) in [6, 6.07) is 0. The average Bonchev–Trinajstić information content (AvgIpc) is 3.20. The molecule has 7 nitrogen and oxygen atoms in total. The van der Waals surface area contributed by atoms with Gasteiger partial charge in [-0.25, -0.2) is 0 Å². The summed E-state index contributed by atoms with van der Waals surface area (Å²) in [4.78, 5) is 23.8. The van der Waals surface area contributed by atoms with Crippen molar-refractivity contribution in [1.82, 2.24) is 0 Å². The van der Waals surface area contributed by atoms with Crippen LogP contribution in [0.5, 0.6) is 0 Å². The lowest BCUT2D eigenvalue weighted by molar-refractivity contribution is -0.193. The Morgan fingerprint density at radius 2 is 1.79 bits per heavy atom. The first-order chi connectivity index (χ1) is 18.8. The number of hydrogen-bond acceptors (Lipinski definition) is 7. The summed E-state index contributed by atoms with van der Waals surface area (Å²) in [5, 5.41) is 10.8. The van der Waals surface area contributed by atoms with Crippen molar-refractivity contribution in [2.24, 2.45) is 11.8 Å². The normalized spacial score (nSPS) is 26.9. The quantitative estimate of drug-likeness (QED) is 0.104. The minimum absolute atomic E-state index is 0.0859. The minimum Gasteiger partial charge on any atom is -0.466 e. The number of ether oxygens (including phenoxy) is 4. The molecule has 0 aromatic carbocycles. The van der Waals surface area contributed by atoms with Crippen LogP contribution in [0, 0.1) is 11.8 Å². The van der Waals surface area contributed by atoms with E-state index in [-0.39, 0.29) is 42.3 Å². The van der Waals surface area contributed by atoms with Gasteiger partial charge in [-0.15, -0.1) is 0 Å². The van der Waals surface area contributed by atoms with Crippen LogP contribution in [0.25, 0.3) is 0 Å². The Balaban J connectivity index is 1.99. The van der Waals surface area contributed by atoms with Crippen molar-refractivity contribution in [1.29, 1.82) is 0 Å². The van der Waals surface area contributed by atoms with Crippen LogP contribution in [0.2, 0.25) is 0 Å². The zero-order chi connectivity index (χ0) is 28.5. The van der Waals surface area contributed by atoms with Crippen molar-refractivity contribution >= 4 is 11.9 Å². The van der Waals surface area contributed by atoms with Crippen LogP contribution in [0.4, 0.5) is 0 Å². The Bertz CT molecular complexity index is 713. The summed E-state index contributed by atoms with van der Waals surface area (Å²) in [7, 11) is 0. The highest BCUT2D eigenvalue weighted by molar-refractivity contribution is 5.69. The predicted octanol–water partition coefficient (Wildman–Crippen LogP) is 7.04. The maximum absolute atomic E-state index is 12.0. The van der Waals surface area contributed by atoms with Crippen LogP contribution in [0.3, 0.4) is 0 Å². The second-order valence-electron chi connectivity index (χ2n) is 11.9. The van der Waals surface area contributed by atoms with Crippen molar-refractivity contribution in [2.45, 2.75) is 155 Å². The second-order valence-corrected chi connectivity index (χ2v) is 11.9. The van der Waals surface area contributed by atoms with Crippen molar-refractivity contribution in [3.8, 4) is 0 Å². The van der Waals surface area contributed by atoms with E-state index in [0.717, 1.165) is 90.1 Å². The van der Waals surface area contributed by atoms with E-state index >= 15 is 0 Å². The SMILES string of the molecule is CCCCOC(=O)CCCCCC[C@@H]1[C@@H](/C=C/CC(C)(O)CCCC)[C@H](OC2CCCCO2)C[C@@H]1OC(C)=O. The topological polar surface area (TPSA) is 91.3 Å². The highest BCUT2D eigenvalue weighted by atomic mass is 16.7. The summed E-state index contributed by atoms with van der Waals surface area (Å²) >= 11 is 0. The third-order valence-electron chi connectivity index (χ3n) is 8.06. The van der Waals surface area contributed by atoms with Crippen molar-refractivity contribution in [3.05, 3.63) is 12.2 Å². The van der Waals surface area contributed by atoms with Gasteiger partial charge in [0.1, 0.15) is 6.10 Å². The molecular formula is C32H56O7. The number of carbonyl (C=O) groups excluding carboxylic acids is 2. The first-order valence-electron chi connectivity index (χ1n) is 15.7. The van der Waals surface area contributed by atoms with Crippen LogP contribution in [0.15, 0.2) is 12.2 Å². The van der Waals surface area contributed by atoms with E-state index in [0.29, 0.717) is 25.9 Å². The van der Waals surface area contributed by atoms with Crippen LogP contribution >= 0.6 is 0 Å². The molecule has 0 aromatic heterocycles. The third kappa shape index (κ3) is 13.7. The summed E-state index contributed by atoms with van der Waals surface area (Å²) in [5.41, 5.74) is -0.726. The van der Waals surface area contributed by atoms with Gasteiger partial charge in [-0.1, -0.05) is 64.5 Å². The van der Waals surface area contributed by atoms with Crippen LogP contribution in [-0.4, -0.2) is 54.4 Å². The molecule has 2 fully saturated rings. The Labute approximate surface area is 237 Å². The number of aliphatic hydroxyl groups is 1. The van der Waals surface area contributed by atoms with E-state index in [4.69, 9.17) is 18.9 Å². The lowest BCUT2D eigenvalue weighted by Crippen LogP contribution is -2.31. The van der Waals surface area contributed by atoms with Crippen LogP contribution < -0.4 is 0 Å². The number of carbonyl (C=O) groups is 2. The summed E-state index contributed by atoms with van der Waals surface area (Å²) in [5.74, 6) is -0.112. The molecule has 0 spiro atoms. The molecule has 1 saturated carbocycles. The minimum atomic E-state index is -0.726. The molecule has 1 aliphatic carbocycles. The molecule has 0 bridgehead atoms. The van der Waals surface area contributed by atoms with Gasteiger partial charge in [-0.2, -0.15) is 0 Å². The van der Waals surface area contributed by atoms with Gasteiger partial charge in [-0.05, 0) is 58.3 Å². The van der Waals surface area contributed by atoms with E-state index in [2.05, 4.69) is 26.0 Å². The van der Waals surface area contributed by atoms with E-state index < -0.39 is 5.60 Å². The molecule has 0 radical (unpaired) electrons. The monoisotopic (exact) mass is 552 g/mol. The third-order valence-corrected chi connectivity index (χ3v) is 8.06. The molecule has 1 heterocycles.